The summed E-state index contributed by atoms with van der Waals surface area (Å²) in [6, 6.07) is 17.0. The molecule has 0 saturated carbocycles. The molecular formula is C32H46O3. The summed E-state index contributed by atoms with van der Waals surface area (Å²) in [5.74, 6) is 2.25. The first-order valence-electron chi connectivity index (χ1n) is 13.9. The maximum absolute atomic E-state index is 6.07. The topological polar surface area (TPSA) is 27.7 Å². The highest BCUT2D eigenvalue weighted by molar-refractivity contribution is 5.64. The molecule has 3 heteroatoms. The summed E-state index contributed by atoms with van der Waals surface area (Å²) in [4.78, 5) is 0. The minimum atomic E-state index is -0.245. The number of allylic oxidation sites excluding steroid dienone is 1. The number of benzene rings is 2. The van der Waals surface area contributed by atoms with Crippen molar-refractivity contribution in [2.24, 2.45) is 11.8 Å². The molecule has 3 rings (SSSR count). The second-order valence-corrected chi connectivity index (χ2v) is 10.1. The van der Waals surface area contributed by atoms with Crippen LogP contribution in [0.25, 0.3) is 11.1 Å². The van der Waals surface area contributed by atoms with Crippen LogP contribution in [-0.4, -0.2) is 19.8 Å². The lowest BCUT2D eigenvalue weighted by Gasteiger charge is -2.29. The largest absolute Gasteiger partial charge is 0.494 e. The van der Waals surface area contributed by atoms with Gasteiger partial charge < -0.3 is 14.2 Å². The minimum absolute atomic E-state index is 0.245. The Morgan fingerprint density at radius 1 is 0.886 bits per heavy atom. The SMILES string of the molecule is C=CCCCCCCCC1COC(c2ccc(-c3ccc(OCCC[C@@H](C)CC)cc3)cc2)OC1. The smallest absolute Gasteiger partial charge is 0.183 e. The van der Waals surface area contributed by atoms with E-state index in [9.17, 15) is 0 Å². The van der Waals surface area contributed by atoms with Crippen LogP contribution in [0.5, 0.6) is 5.75 Å². The third kappa shape index (κ3) is 9.82. The molecule has 1 atom stereocenters. The van der Waals surface area contributed by atoms with Crippen LogP contribution in [0.2, 0.25) is 0 Å². The summed E-state index contributed by atoms with van der Waals surface area (Å²) in [5, 5.41) is 0. The van der Waals surface area contributed by atoms with Gasteiger partial charge in [0.15, 0.2) is 6.29 Å². The predicted molar refractivity (Wildman–Crippen MR) is 147 cm³/mol. The Balaban J connectivity index is 1.36. The molecule has 1 saturated heterocycles. The summed E-state index contributed by atoms with van der Waals surface area (Å²) in [6.45, 7) is 10.7. The van der Waals surface area contributed by atoms with Crippen LogP contribution >= 0.6 is 0 Å². The van der Waals surface area contributed by atoms with E-state index in [2.05, 4.69) is 69.0 Å². The first kappa shape index (κ1) is 27.5. The van der Waals surface area contributed by atoms with Crippen molar-refractivity contribution in [1.29, 1.82) is 0 Å². The van der Waals surface area contributed by atoms with E-state index in [0.717, 1.165) is 49.9 Å². The molecule has 1 heterocycles. The number of hydrogen-bond acceptors (Lipinski definition) is 3. The summed E-state index contributed by atoms with van der Waals surface area (Å²) in [5.41, 5.74) is 3.48. The Bertz CT molecular complexity index is 819. The standard InChI is InChI=1S/C32H46O3/c1-4-6-7-8-9-10-11-14-27-24-34-32(35-25-27)30-17-15-28(16-18-30)29-19-21-31(22-20-29)33-23-12-13-26(3)5-2/h4,15-22,26-27,32H,1,5-14,23-25H2,2-3H3/t26-,27?,32?/m0/s1. The minimum Gasteiger partial charge on any atom is -0.494 e. The predicted octanol–water partition coefficient (Wildman–Crippen LogP) is 9.14. The molecule has 3 nitrogen and oxygen atoms in total. The van der Waals surface area contributed by atoms with E-state index < -0.39 is 0 Å². The quantitative estimate of drug-likeness (QED) is 0.178. The molecule has 0 spiro atoms. The van der Waals surface area contributed by atoms with Crippen molar-refractivity contribution in [3.63, 3.8) is 0 Å². The van der Waals surface area contributed by atoms with Crippen LogP contribution in [0.3, 0.4) is 0 Å². The third-order valence-corrected chi connectivity index (χ3v) is 7.16. The molecule has 0 amide bonds. The Labute approximate surface area is 213 Å². The van der Waals surface area contributed by atoms with Crippen molar-refractivity contribution in [1.82, 2.24) is 0 Å². The van der Waals surface area contributed by atoms with Gasteiger partial charge in [0.2, 0.25) is 0 Å². The van der Waals surface area contributed by atoms with E-state index in [1.54, 1.807) is 0 Å². The van der Waals surface area contributed by atoms with Gasteiger partial charge in [0.05, 0.1) is 19.8 Å². The normalized spacial score (nSPS) is 18.8. The van der Waals surface area contributed by atoms with Crippen LogP contribution < -0.4 is 4.74 Å². The van der Waals surface area contributed by atoms with E-state index in [-0.39, 0.29) is 6.29 Å². The highest BCUT2D eigenvalue weighted by Crippen LogP contribution is 2.30. The molecule has 1 aliphatic rings. The van der Waals surface area contributed by atoms with Gasteiger partial charge in [0.1, 0.15) is 5.75 Å². The number of hydrogen-bond donors (Lipinski definition) is 0. The van der Waals surface area contributed by atoms with Gasteiger partial charge >= 0.3 is 0 Å². The summed E-state index contributed by atoms with van der Waals surface area (Å²) in [7, 11) is 0. The molecule has 35 heavy (non-hydrogen) atoms. The maximum atomic E-state index is 6.07. The molecule has 2 aromatic carbocycles. The van der Waals surface area contributed by atoms with Crippen molar-refractivity contribution >= 4 is 0 Å². The first-order chi connectivity index (χ1) is 17.2. The van der Waals surface area contributed by atoms with Crippen LogP contribution in [0.15, 0.2) is 61.2 Å². The molecule has 0 aromatic heterocycles. The fourth-order valence-corrected chi connectivity index (χ4v) is 4.56. The molecule has 0 bridgehead atoms. The van der Waals surface area contributed by atoms with Crippen molar-refractivity contribution < 1.29 is 14.2 Å². The van der Waals surface area contributed by atoms with E-state index >= 15 is 0 Å². The zero-order valence-corrected chi connectivity index (χ0v) is 22.1. The van der Waals surface area contributed by atoms with E-state index in [1.165, 1.54) is 62.5 Å². The van der Waals surface area contributed by atoms with Gasteiger partial charge in [-0.3, -0.25) is 0 Å². The lowest BCUT2D eigenvalue weighted by molar-refractivity contribution is -0.206. The fraction of sp³-hybridized carbons (Fsp3) is 0.562. The Kier molecular flexibility index (Phi) is 12.4. The molecular weight excluding hydrogens is 432 g/mol. The Morgan fingerprint density at radius 3 is 2.17 bits per heavy atom. The summed E-state index contributed by atoms with van der Waals surface area (Å²) in [6.07, 6.45) is 14.2. The highest BCUT2D eigenvalue weighted by atomic mass is 16.7. The van der Waals surface area contributed by atoms with Crippen LogP contribution in [-0.2, 0) is 9.47 Å². The average molecular weight is 479 g/mol. The van der Waals surface area contributed by atoms with Crippen LogP contribution in [0.1, 0.15) is 89.9 Å². The van der Waals surface area contributed by atoms with E-state index in [1.807, 2.05) is 6.08 Å². The molecule has 0 unspecified atom stereocenters. The Morgan fingerprint density at radius 2 is 1.51 bits per heavy atom. The molecule has 0 radical (unpaired) electrons. The van der Waals surface area contributed by atoms with Gasteiger partial charge in [-0.05, 0) is 61.3 Å². The van der Waals surface area contributed by atoms with E-state index in [4.69, 9.17) is 14.2 Å². The fourth-order valence-electron chi connectivity index (χ4n) is 4.56. The Hall–Kier alpha value is -2.10. The number of ether oxygens (including phenoxy) is 3. The molecule has 0 N–H and O–H groups in total. The number of rotatable bonds is 16. The van der Waals surface area contributed by atoms with Crippen LogP contribution in [0.4, 0.5) is 0 Å². The van der Waals surface area contributed by atoms with Gasteiger partial charge in [0.25, 0.3) is 0 Å². The molecule has 192 valence electrons. The molecule has 2 aromatic rings. The van der Waals surface area contributed by atoms with Crippen molar-refractivity contribution in [2.75, 3.05) is 19.8 Å². The van der Waals surface area contributed by atoms with Gasteiger partial charge in [-0.1, -0.05) is 88.4 Å². The second kappa shape index (κ2) is 15.8. The highest BCUT2D eigenvalue weighted by Gasteiger charge is 2.23. The maximum Gasteiger partial charge on any atom is 0.183 e. The zero-order valence-electron chi connectivity index (χ0n) is 22.1. The van der Waals surface area contributed by atoms with Gasteiger partial charge in [-0.2, -0.15) is 0 Å². The van der Waals surface area contributed by atoms with Crippen molar-refractivity contribution in [2.45, 2.75) is 84.3 Å². The lowest BCUT2D eigenvalue weighted by Crippen LogP contribution is -2.27. The summed E-state index contributed by atoms with van der Waals surface area (Å²) >= 11 is 0. The van der Waals surface area contributed by atoms with Gasteiger partial charge in [0, 0.05) is 11.5 Å². The first-order valence-corrected chi connectivity index (χ1v) is 13.9. The lowest BCUT2D eigenvalue weighted by atomic mass is 10.0. The zero-order chi connectivity index (χ0) is 24.7. The average Bonchev–Trinajstić information content (AvgIpc) is 2.91. The van der Waals surface area contributed by atoms with E-state index in [0.29, 0.717) is 5.92 Å². The van der Waals surface area contributed by atoms with Crippen molar-refractivity contribution in [3.05, 3.63) is 66.7 Å². The monoisotopic (exact) mass is 478 g/mol. The van der Waals surface area contributed by atoms with Crippen molar-refractivity contribution in [3.8, 4) is 16.9 Å². The molecule has 1 aliphatic heterocycles. The summed E-state index contributed by atoms with van der Waals surface area (Å²) < 4.78 is 18.0. The molecule has 0 aliphatic carbocycles. The van der Waals surface area contributed by atoms with Gasteiger partial charge in [-0.25, -0.2) is 0 Å². The molecule has 1 fully saturated rings. The third-order valence-electron chi connectivity index (χ3n) is 7.16. The number of unbranched alkanes of at least 4 members (excludes halogenated alkanes) is 5. The van der Waals surface area contributed by atoms with Gasteiger partial charge in [-0.15, -0.1) is 6.58 Å². The van der Waals surface area contributed by atoms with Crippen LogP contribution in [0, 0.1) is 11.8 Å². The second-order valence-electron chi connectivity index (χ2n) is 10.1.